The molecule has 0 aromatic heterocycles. The number of guanidine groups is 1. The Kier molecular flexibility index (Phi) is 11.9. The van der Waals surface area contributed by atoms with Crippen molar-refractivity contribution in [1.82, 2.24) is 15.5 Å². The van der Waals surface area contributed by atoms with E-state index in [1.54, 1.807) is 0 Å². The molecule has 0 aromatic rings. The first kappa shape index (κ1) is 22.2. The van der Waals surface area contributed by atoms with Gasteiger partial charge in [-0.25, -0.2) is 0 Å². The van der Waals surface area contributed by atoms with Crippen LogP contribution >= 0.6 is 0 Å². The first-order chi connectivity index (χ1) is 12.0. The predicted molar refractivity (Wildman–Crippen MR) is 105 cm³/mol. The van der Waals surface area contributed by atoms with Crippen molar-refractivity contribution in [3.05, 3.63) is 0 Å². The van der Waals surface area contributed by atoms with Gasteiger partial charge in [0.2, 0.25) is 0 Å². The second-order valence-electron chi connectivity index (χ2n) is 7.55. The molecule has 2 N–H and O–H groups in total. The quantitative estimate of drug-likeness (QED) is 0.318. The second kappa shape index (κ2) is 13.4. The molecule has 0 saturated carbocycles. The molecule has 0 spiro atoms. The molecule has 1 heterocycles. The van der Waals surface area contributed by atoms with Gasteiger partial charge >= 0.3 is 0 Å². The van der Waals surface area contributed by atoms with Gasteiger partial charge in [-0.05, 0) is 46.2 Å². The average Bonchev–Trinajstić information content (AvgIpc) is 3.07. The van der Waals surface area contributed by atoms with Crippen LogP contribution in [-0.4, -0.2) is 77.1 Å². The van der Waals surface area contributed by atoms with Crippen LogP contribution in [0.1, 0.15) is 40.0 Å². The summed E-state index contributed by atoms with van der Waals surface area (Å²) in [5.74, 6) is 2.18. The van der Waals surface area contributed by atoms with Crippen molar-refractivity contribution in [2.45, 2.75) is 46.1 Å². The van der Waals surface area contributed by atoms with E-state index in [0.717, 1.165) is 71.3 Å². The third-order valence-electron chi connectivity index (χ3n) is 4.41. The fourth-order valence-corrected chi connectivity index (χ4v) is 2.88. The highest BCUT2D eigenvalue weighted by Gasteiger charge is 2.15. The van der Waals surface area contributed by atoms with Crippen molar-refractivity contribution < 1.29 is 9.47 Å². The zero-order valence-corrected chi connectivity index (χ0v) is 17.0. The SMILES string of the molecule is CCNC(=NCC(CC(C)C)N(C)C)NCCCOCC1CCOC1. The first-order valence-electron chi connectivity index (χ1n) is 9.87. The van der Waals surface area contributed by atoms with Gasteiger partial charge in [0, 0.05) is 38.3 Å². The van der Waals surface area contributed by atoms with Gasteiger partial charge in [0.25, 0.3) is 0 Å². The van der Waals surface area contributed by atoms with E-state index in [4.69, 9.17) is 14.5 Å². The van der Waals surface area contributed by atoms with Gasteiger partial charge in [-0.15, -0.1) is 0 Å². The topological polar surface area (TPSA) is 58.1 Å². The summed E-state index contributed by atoms with van der Waals surface area (Å²) in [4.78, 5) is 7.04. The number of nitrogens with one attached hydrogen (secondary N) is 2. The van der Waals surface area contributed by atoms with Crippen molar-refractivity contribution in [1.29, 1.82) is 0 Å². The van der Waals surface area contributed by atoms with Gasteiger partial charge in [-0.2, -0.15) is 0 Å². The van der Waals surface area contributed by atoms with Gasteiger partial charge in [0.15, 0.2) is 5.96 Å². The number of hydrogen-bond donors (Lipinski definition) is 2. The van der Waals surface area contributed by atoms with Crippen LogP contribution in [0.2, 0.25) is 0 Å². The van der Waals surface area contributed by atoms with Crippen LogP contribution in [0.15, 0.2) is 4.99 Å². The van der Waals surface area contributed by atoms with Crippen LogP contribution in [-0.2, 0) is 9.47 Å². The summed E-state index contributed by atoms with van der Waals surface area (Å²) in [5, 5.41) is 6.74. The molecule has 0 aliphatic carbocycles. The highest BCUT2D eigenvalue weighted by molar-refractivity contribution is 5.79. The van der Waals surface area contributed by atoms with E-state index in [2.05, 4.69) is 50.4 Å². The molecule has 25 heavy (non-hydrogen) atoms. The molecule has 2 unspecified atom stereocenters. The third kappa shape index (κ3) is 10.7. The molecule has 1 aliphatic rings. The standard InChI is InChI=1S/C19H40N4O2/c1-6-20-19(22-13-18(23(4)5)12-16(2)3)21-9-7-10-24-14-17-8-11-25-15-17/h16-18H,6-15H2,1-5H3,(H2,20,21,22). The highest BCUT2D eigenvalue weighted by atomic mass is 16.5. The minimum absolute atomic E-state index is 0.479. The molecule has 6 nitrogen and oxygen atoms in total. The number of nitrogens with zero attached hydrogens (tertiary/aromatic N) is 2. The van der Waals surface area contributed by atoms with Crippen molar-refractivity contribution in [3.8, 4) is 0 Å². The molecule has 6 heteroatoms. The maximum absolute atomic E-state index is 5.75. The molecule has 1 fully saturated rings. The zero-order valence-electron chi connectivity index (χ0n) is 17.0. The van der Waals surface area contributed by atoms with E-state index in [-0.39, 0.29) is 0 Å². The average molecular weight is 357 g/mol. The Morgan fingerprint density at radius 2 is 2.12 bits per heavy atom. The minimum Gasteiger partial charge on any atom is -0.381 e. The molecule has 1 aliphatic heterocycles. The lowest BCUT2D eigenvalue weighted by molar-refractivity contribution is 0.0888. The summed E-state index contributed by atoms with van der Waals surface area (Å²) in [6, 6.07) is 0.479. The molecule has 2 atom stereocenters. The number of likely N-dealkylation sites (N-methyl/N-ethyl adjacent to an activating group) is 1. The second-order valence-corrected chi connectivity index (χ2v) is 7.55. The summed E-state index contributed by atoms with van der Waals surface area (Å²) < 4.78 is 11.1. The van der Waals surface area contributed by atoms with Crippen LogP contribution in [0.5, 0.6) is 0 Å². The molecular formula is C19H40N4O2. The van der Waals surface area contributed by atoms with E-state index in [9.17, 15) is 0 Å². The van der Waals surface area contributed by atoms with Crippen molar-refractivity contribution in [2.24, 2.45) is 16.8 Å². The number of hydrogen-bond acceptors (Lipinski definition) is 4. The number of aliphatic imine (C=N–C) groups is 1. The molecule has 0 amide bonds. The Morgan fingerprint density at radius 3 is 2.72 bits per heavy atom. The fraction of sp³-hybridized carbons (Fsp3) is 0.947. The lowest BCUT2D eigenvalue weighted by Gasteiger charge is -2.24. The fourth-order valence-electron chi connectivity index (χ4n) is 2.88. The Hall–Kier alpha value is -0.850. The number of ether oxygens (including phenoxy) is 2. The molecular weight excluding hydrogens is 316 g/mol. The summed E-state index contributed by atoms with van der Waals surface area (Å²) in [6.45, 7) is 12.6. The van der Waals surface area contributed by atoms with Crippen molar-refractivity contribution >= 4 is 5.96 Å². The van der Waals surface area contributed by atoms with E-state index < -0.39 is 0 Å². The van der Waals surface area contributed by atoms with Crippen LogP contribution in [0.4, 0.5) is 0 Å². The normalized spacial score (nSPS) is 19.6. The molecule has 1 saturated heterocycles. The van der Waals surface area contributed by atoms with Gasteiger partial charge in [-0.1, -0.05) is 13.8 Å². The highest BCUT2D eigenvalue weighted by Crippen LogP contribution is 2.12. The Bertz CT molecular complexity index is 355. The van der Waals surface area contributed by atoms with E-state index in [1.165, 1.54) is 0 Å². The lowest BCUT2D eigenvalue weighted by atomic mass is 10.0. The van der Waals surface area contributed by atoms with Crippen LogP contribution < -0.4 is 10.6 Å². The predicted octanol–water partition coefficient (Wildman–Crippen LogP) is 1.96. The largest absolute Gasteiger partial charge is 0.381 e. The molecule has 1 rings (SSSR count). The summed E-state index contributed by atoms with van der Waals surface area (Å²) in [6.07, 6.45) is 3.29. The molecule has 0 radical (unpaired) electrons. The van der Waals surface area contributed by atoms with E-state index >= 15 is 0 Å². The molecule has 0 aromatic carbocycles. The third-order valence-corrected chi connectivity index (χ3v) is 4.41. The van der Waals surface area contributed by atoms with Crippen LogP contribution in [0, 0.1) is 11.8 Å². The Balaban J connectivity index is 2.24. The Labute approximate surface area is 154 Å². The lowest BCUT2D eigenvalue weighted by Crippen LogP contribution is -2.40. The monoisotopic (exact) mass is 356 g/mol. The van der Waals surface area contributed by atoms with E-state index in [1.807, 2.05) is 0 Å². The van der Waals surface area contributed by atoms with Gasteiger partial charge < -0.3 is 25.0 Å². The van der Waals surface area contributed by atoms with Crippen LogP contribution in [0.25, 0.3) is 0 Å². The smallest absolute Gasteiger partial charge is 0.191 e. The number of rotatable bonds is 12. The van der Waals surface area contributed by atoms with Crippen molar-refractivity contribution in [3.63, 3.8) is 0 Å². The minimum atomic E-state index is 0.479. The molecule has 148 valence electrons. The van der Waals surface area contributed by atoms with Crippen LogP contribution in [0.3, 0.4) is 0 Å². The van der Waals surface area contributed by atoms with Gasteiger partial charge in [-0.3, -0.25) is 4.99 Å². The maximum atomic E-state index is 5.75. The Morgan fingerprint density at radius 1 is 1.32 bits per heavy atom. The summed E-state index contributed by atoms with van der Waals surface area (Å²) in [7, 11) is 4.27. The summed E-state index contributed by atoms with van der Waals surface area (Å²) >= 11 is 0. The van der Waals surface area contributed by atoms with Gasteiger partial charge in [0.05, 0.1) is 19.8 Å². The zero-order chi connectivity index (χ0) is 18.5. The molecule has 0 bridgehead atoms. The maximum Gasteiger partial charge on any atom is 0.191 e. The van der Waals surface area contributed by atoms with E-state index in [0.29, 0.717) is 17.9 Å². The van der Waals surface area contributed by atoms with Gasteiger partial charge in [0.1, 0.15) is 0 Å². The first-order valence-corrected chi connectivity index (χ1v) is 9.87. The summed E-state index contributed by atoms with van der Waals surface area (Å²) in [5.41, 5.74) is 0. The van der Waals surface area contributed by atoms with Crippen molar-refractivity contribution in [2.75, 3.05) is 60.2 Å².